The molecule has 0 aromatic heterocycles. The zero-order valence-corrected chi connectivity index (χ0v) is 29.1. The molecule has 1 heterocycles. The van der Waals surface area contributed by atoms with E-state index in [1.807, 2.05) is 39.8 Å². The van der Waals surface area contributed by atoms with Crippen molar-refractivity contribution in [3.05, 3.63) is 123 Å². The van der Waals surface area contributed by atoms with Crippen molar-refractivity contribution in [1.29, 1.82) is 0 Å². The van der Waals surface area contributed by atoms with E-state index in [4.69, 9.17) is 9.47 Å². The van der Waals surface area contributed by atoms with Crippen LogP contribution >= 0.6 is 0 Å². The number of carbonyl (C=O) groups is 2. The molecule has 0 unspecified atom stereocenters. The molecule has 1 aliphatic rings. The van der Waals surface area contributed by atoms with Gasteiger partial charge in [-0.1, -0.05) is 53.6 Å². The van der Waals surface area contributed by atoms with E-state index >= 15 is 0 Å². The number of Topliss-reactive ketones (excluding diaryl/α,β-unsaturated/α-hetero) is 1. The van der Waals surface area contributed by atoms with Gasteiger partial charge in [0.15, 0.2) is 11.6 Å². The Morgan fingerprint density at radius 3 is 1.90 bits per heavy atom. The lowest BCUT2D eigenvalue weighted by Gasteiger charge is -2.28. The predicted octanol–water partition coefficient (Wildman–Crippen LogP) is 8.24. The monoisotopic (exact) mass is 694 g/mol. The normalized spacial score (nSPS) is 13.4. The number of benzene rings is 4. The molecule has 1 atom stereocenters. The molecule has 51 heavy (non-hydrogen) atoms. The number of rotatable bonds is 9. The highest BCUT2D eigenvalue weighted by Crippen LogP contribution is 2.46. The van der Waals surface area contributed by atoms with Crippen LogP contribution < -0.4 is 9.47 Å². The van der Waals surface area contributed by atoms with E-state index in [9.17, 15) is 40.2 Å². The van der Waals surface area contributed by atoms with Gasteiger partial charge in [0.05, 0.1) is 13.5 Å². The van der Waals surface area contributed by atoms with Crippen LogP contribution in [0.25, 0.3) is 6.08 Å². The van der Waals surface area contributed by atoms with Crippen molar-refractivity contribution in [3.8, 4) is 46.0 Å². The number of aromatic hydroxyl groups is 6. The van der Waals surface area contributed by atoms with Crippen LogP contribution in [0.2, 0.25) is 0 Å². The minimum Gasteiger partial charge on any atom is -0.508 e. The molecule has 0 fully saturated rings. The van der Waals surface area contributed by atoms with Gasteiger partial charge >= 0.3 is 0 Å². The van der Waals surface area contributed by atoms with Crippen molar-refractivity contribution < 1.29 is 49.7 Å². The summed E-state index contributed by atoms with van der Waals surface area (Å²) >= 11 is 0. The van der Waals surface area contributed by atoms with Crippen molar-refractivity contribution in [2.24, 2.45) is 0 Å². The molecule has 0 spiro atoms. The van der Waals surface area contributed by atoms with E-state index in [1.165, 1.54) is 49.6 Å². The number of allylic oxidation sites excluding steroid dienone is 5. The van der Waals surface area contributed by atoms with Crippen molar-refractivity contribution in [2.75, 3.05) is 7.11 Å². The van der Waals surface area contributed by atoms with Crippen molar-refractivity contribution in [2.45, 2.75) is 53.1 Å². The third-order valence-electron chi connectivity index (χ3n) is 8.08. The molecule has 6 N–H and O–H groups in total. The molecule has 5 rings (SSSR count). The van der Waals surface area contributed by atoms with Crippen molar-refractivity contribution >= 4 is 17.6 Å². The number of hydrogen-bond acceptors (Lipinski definition) is 10. The number of methoxy groups -OCH3 is 1. The number of ketones is 2. The molecule has 0 saturated carbocycles. The number of carbonyl (C=O) groups excluding carboxylic acids is 2. The number of phenolic OH excluding ortho intramolecular Hbond substituents is 6. The lowest BCUT2D eigenvalue weighted by molar-refractivity contribution is 0.0842. The predicted molar refractivity (Wildman–Crippen MR) is 194 cm³/mol. The molecule has 10 nitrogen and oxygen atoms in total. The van der Waals surface area contributed by atoms with Gasteiger partial charge in [-0.05, 0) is 82.0 Å². The quantitative estimate of drug-likeness (QED) is 0.0569. The second-order valence-electron chi connectivity index (χ2n) is 12.5. The Labute approximate surface area is 296 Å². The maximum Gasteiger partial charge on any atom is 0.193 e. The Kier molecular flexibility index (Phi) is 12.2. The van der Waals surface area contributed by atoms with E-state index in [1.54, 1.807) is 30.3 Å². The van der Waals surface area contributed by atoms with Crippen molar-refractivity contribution in [1.82, 2.24) is 0 Å². The second kappa shape index (κ2) is 16.5. The second-order valence-corrected chi connectivity index (χ2v) is 12.5. The highest BCUT2D eigenvalue weighted by Gasteiger charge is 2.33. The Balaban J connectivity index is 0.000000229. The first-order chi connectivity index (χ1) is 24.2. The Morgan fingerprint density at radius 1 is 0.784 bits per heavy atom. The largest absolute Gasteiger partial charge is 0.508 e. The summed E-state index contributed by atoms with van der Waals surface area (Å²) < 4.78 is 11.2. The molecule has 0 amide bonds. The maximum atomic E-state index is 12.6. The topological polar surface area (TPSA) is 174 Å². The van der Waals surface area contributed by atoms with Crippen LogP contribution in [0.3, 0.4) is 0 Å². The van der Waals surface area contributed by atoms with Gasteiger partial charge in [-0.3, -0.25) is 9.59 Å². The summed E-state index contributed by atoms with van der Waals surface area (Å²) in [6.45, 7) is 7.69. The van der Waals surface area contributed by atoms with E-state index in [-0.39, 0.29) is 74.9 Å². The fourth-order valence-corrected chi connectivity index (χ4v) is 5.32. The minimum atomic E-state index is -0.535. The molecular weight excluding hydrogens is 652 g/mol. The first-order valence-corrected chi connectivity index (χ1v) is 16.2. The number of phenols is 6. The van der Waals surface area contributed by atoms with Crippen LogP contribution in [0.15, 0.2) is 90.0 Å². The number of hydrogen-bond donors (Lipinski definition) is 6. The summed E-state index contributed by atoms with van der Waals surface area (Å²) in [4.78, 5) is 25.2. The molecule has 1 aliphatic heterocycles. The molecule has 10 heteroatoms. The van der Waals surface area contributed by atoms with Crippen LogP contribution in [0.5, 0.6) is 46.0 Å². The SMILES string of the molecule is CC(C)=CCc1c(O)cc(O)c2c1O[C@H](c1ccc(O)cc1)CC2=O.COc1cc(O)c(CC=C(C)C)c(O)c1C(=O)/C=C/c1ccc(O)cc1. The van der Waals surface area contributed by atoms with Crippen LogP contribution in [0.1, 0.15) is 83.2 Å². The third-order valence-corrected chi connectivity index (χ3v) is 8.08. The van der Waals surface area contributed by atoms with Crippen LogP contribution in [-0.4, -0.2) is 49.3 Å². The zero-order valence-electron chi connectivity index (χ0n) is 29.1. The fraction of sp³-hybridized carbons (Fsp3) is 0.220. The highest BCUT2D eigenvalue weighted by molar-refractivity contribution is 6.11. The summed E-state index contributed by atoms with van der Waals surface area (Å²) in [5, 5.41) is 59.7. The van der Waals surface area contributed by atoms with Crippen LogP contribution in [0, 0.1) is 0 Å². The van der Waals surface area contributed by atoms with Gasteiger partial charge < -0.3 is 40.1 Å². The summed E-state index contributed by atoms with van der Waals surface area (Å²) in [6.07, 6.45) is 6.89. The minimum absolute atomic E-state index is 0.00233. The van der Waals surface area contributed by atoms with E-state index in [0.29, 0.717) is 18.4 Å². The van der Waals surface area contributed by atoms with Gasteiger partial charge in [0.25, 0.3) is 0 Å². The van der Waals surface area contributed by atoms with Crippen molar-refractivity contribution in [3.63, 3.8) is 0 Å². The van der Waals surface area contributed by atoms with Gasteiger partial charge in [0, 0.05) is 23.3 Å². The Hall–Kier alpha value is -6.16. The van der Waals surface area contributed by atoms with E-state index < -0.39 is 11.9 Å². The highest BCUT2D eigenvalue weighted by atomic mass is 16.5. The van der Waals surface area contributed by atoms with Gasteiger partial charge in [-0.2, -0.15) is 0 Å². The molecule has 4 aromatic rings. The summed E-state index contributed by atoms with van der Waals surface area (Å²) in [7, 11) is 1.37. The average Bonchev–Trinajstić information content (AvgIpc) is 3.07. The van der Waals surface area contributed by atoms with Gasteiger partial charge in [0.2, 0.25) is 0 Å². The van der Waals surface area contributed by atoms with Gasteiger partial charge in [0.1, 0.15) is 63.2 Å². The number of fused-ring (bicyclic) bond motifs is 1. The van der Waals surface area contributed by atoms with E-state index in [2.05, 4.69) is 0 Å². The summed E-state index contributed by atoms with van der Waals surface area (Å²) in [5.74, 6) is -0.904. The smallest absolute Gasteiger partial charge is 0.193 e. The third kappa shape index (κ3) is 9.30. The molecule has 0 bridgehead atoms. The Bertz CT molecular complexity index is 1990. The maximum absolute atomic E-state index is 12.6. The van der Waals surface area contributed by atoms with E-state index in [0.717, 1.165) is 22.3 Å². The number of ether oxygens (including phenoxy) is 2. The summed E-state index contributed by atoms with van der Waals surface area (Å²) in [5.41, 5.74) is 4.42. The Morgan fingerprint density at radius 2 is 1.33 bits per heavy atom. The van der Waals surface area contributed by atoms with Crippen LogP contribution in [0.4, 0.5) is 0 Å². The summed E-state index contributed by atoms with van der Waals surface area (Å²) in [6, 6.07) is 15.3. The molecule has 0 aliphatic carbocycles. The molecule has 0 radical (unpaired) electrons. The lowest BCUT2D eigenvalue weighted by atomic mass is 9.92. The first-order valence-electron chi connectivity index (χ1n) is 16.2. The molecule has 4 aromatic carbocycles. The standard InChI is InChI=1S/C21H22O5.C20H20O5/c1-13(2)4-10-16-18(24)12-19(26-3)20(21(16)25)17(23)11-7-14-5-8-15(22)9-6-14;1-11(2)3-8-14-15(22)9-16(23)19-17(24)10-18(25-20(14)19)12-4-6-13(21)7-5-12/h4-9,11-12,22,24-25H,10H2,1-3H3;3-7,9,18,21-23H,8,10H2,1-2H3/b11-7+;/t;18-/m.0/s1. The van der Waals surface area contributed by atoms with Crippen LogP contribution in [-0.2, 0) is 12.8 Å². The molecule has 0 saturated heterocycles. The average molecular weight is 695 g/mol. The molecular formula is C41H42O10. The first kappa shape index (κ1) is 37.7. The van der Waals surface area contributed by atoms with Gasteiger partial charge in [-0.25, -0.2) is 0 Å². The molecule has 266 valence electrons. The van der Waals surface area contributed by atoms with Gasteiger partial charge in [-0.15, -0.1) is 0 Å². The fourth-order valence-electron chi connectivity index (χ4n) is 5.32. The zero-order chi connectivity index (χ0) is 37.4. The lowest BCUT2D eigenvalue weighted by Crippen LogP contribution is -2.21.